The van der Waals surface area contributed by atoms with Gasteiger partial charge < -0.3 is 10.3 Å². The van der Waals surface area contributed by atoms with E-state index in [4.69, 9.17) is 5.73 Å². The van der Waals surface area contributed by atoms with E-state index in [1.807, 2.05) is 4.57 Å². The highest BCUT2D eigenvalue weighted by Gasteiger charge is 2.31. The van der Waals surface area contributed by atoms with Crippen LogP contribution in [0.2, 0.25) is 0 Å². The van der Waals surface area contributed by atoms with Gasteiger partial charge in [-0.3, -0.25) is 0 Å². The number of aromatic nitrogens is 1. The van der Waals surface area contributed by atoms with Crippen LogP contribution in [0.25, 0.3) is 0 Å². The van der Waals surface area contributed by atoms with Gasteiger partial charge in [-0.15, -0.1) is 0 Å². The van der Waals surface area contributed by atoms with Gasteiger partial charge in [-0.25, -0.2) is 13.1 Å². The molecule has 0 spiro atoms. The molecular formula is C11H17N3O2S. The van der Waals surface area contributed by atoms with Crippen LogP contribution in [0.3, 0.4) is 0 Å². The van der Waals surface area contributed by atoms with Gasteiger partial charge in [0.25, 0.3) is 0 Å². The summed E-state index contributed by atoms with van der Waals surface area (Å²) in [4.78, 5) is 0.358. The first-order chi connectivity index (χ1) is 8.10. The van der Waals surface area contributed by atoms with Crippen molar-refractivity contribution in [2.24, 2.45) is 5.73 Å². The van der Waals surface area contributed by atoms with Crippen molar-refractivity contribution in [1.82, 2.24) is 9.29 Å². The minimum atomic E-state index is -3.34. The molecule has 1 aromatic rings. The number of nitrogens with two attached hydrogens (primary N) is 1. The average Bonchev–Trinajstić information content (AvgIpc) is 3.19. The van der Waals surface area contributed by atoms with Gasteiger partial charge in [0.05, 0.1) is 4.90 Å². The predicted molar refractivity (Wildman–Crippen MR) is 63.9 cm³/mol. The zero-order valence-corrected chi connectivity index (χ0v) is 10.4. The minimum absolute atomic E-state index is 0.144. The molecule has 2 saturated carbocycles. The van der Waals surface area contributed by atoms with Crippen LogP contribution < -0.4 is 10.5 Å². The maximum absolute atomic E-state index is 12.0. The van der Waals surface area contributed by atoms with Gasteiger partial charge in [0.1, 0.15) is 0 Å². The summed E-state index contributed by atoms with van der Waals surface area (Å²) in [5.41, 5.74) is 6.56. The molecule has 2 fully saturated rings. The molecule has 3 rings (SSSR count). The first-order valence-electron chi connectivity index (χ1n) is 6.03. The molecule has 0 unspecified atom stereocenters. The standard InChI is InChI=1S/C11H17N3O2S/c12-6-10-5-11(7-14(10)9-3-4-9)17(15,16)13-8-1-2-8/h5,7-9,13H,1-4,6,12H2. The Morgan fingerprint density at radius 2 is 2.06 bits per heavy atom. The third kappa shape index (κ3) is 2.25. The van der Waals surface area contributed by atoms with Crippen molar-refractivity contribution in [3.05, 3.63) is 18.0 Å². The smallest absolute Gasteiger partial charge is 0.242 e. The summed E-state index contributed by atoms with van der Waals surface area (Å²) >= 11 is 0. The lowest BCUT2D eigenvalue weighted by atomic mass is 10.4. The molecule has 1 aromatic heterocycles. The predicted octanol–water partition coefficient (Wildman–Crippen LogP) is 0.722. The molecule has 0 saturated heterocycles. The number of nitrogens with zero attached hydrogens (tertiary/aromatic N) is 1. The van der Waals surface area contributed by atoms with E-state index >= 15 is 0 Å². The highest BCUT2D eigenvalue weighted by molar-refractivity contribution is 7.89. The molecule has 0 radical (unpaired) electrons. The van der Waals surface area contributed by atoms with E-state index in [-0.39, 0.29) is 6.04 Å². The number of hydrogen-bond donors (Lipinski definition) is 2. The zero-order chi connectivity index (χ0) is 12.0. The Kier molecular flexibility index (Phi) is 2.53. The Morgan fingerprint density at radius 3 is 2.59 bits per heavy atom. The molecule has 0 amide bonds. The van der Waals surface area contributed by atoms with E-state index in [1.165, 1.54) is 0 Å². The van der Waals surface area contributed by atoms with Gasteiger partial charge in [-0.05, 0) is 31.7 Å². The summed E-state index contributed by atoms with van der Waals surface area (Å²) in [5, 5.41) is 0. The lowest BCUT2D eigenvalue weighted by Gasteiger charge is -2.03. The van der Waals surface area contributed by atoms with Crippen LogP contribution in [-0.4, -0.2) is 19.0 Å². The first-order valence-corrected chi connectivity index (χ1v) is 7.51. The average molecular weight is 255 g/mol. The van der Waals surface area contributed by atoms with Crippen LogP contribution >= 0.6 is 0 Å². The SMILES string of the molecule is NCc1cc(S(=O)(=O)NC2CC2)cn1C1CC1. The lowest BCUT2D eigenvalue weighted by molar-refractivity contribution is 0.580. The summed E-state index contributed by atoms with van der Waals surface area (Å²) < 4.78 is 28.8. The molecule has 0 bridgehead atoms. The van der Waals surface area contributed by atoms with Gasteiger partial charge in [0.2, 0.25) is 10.0 Å². The normalized spacial score (nSPS) is 20.8. The van der Waals surface area contributed by atoms with E-state index in [2.05, 4.69) is 4.72 Å². The van der Waals surface area contributed by atoms with Crippen molar-refractivity contribution in [3.8, 4) is 0 Å². The molecule has 0 aliphatic heterocycles. The van der Waals surface area contributed by atoms with Crippen molar-refractivity contribution in [2.45, 2.75) is 49.2 Å². The molecule has 2 aliphatic rings. The monoisotopic (exact) mass is 255 g/mol. The molecular weight excluding hydrogens is 238 g/mol. The second kappa shape index (κ2) is 3.83. The van der Waals surface area contributed by atoms with Crippen LogP contribution in [0.4, 0.5) is 0 Å². The van der Waals surface area contributed by atoms with E-state index in [0.29, 0.717) is 17.5 Å². The van der Waals surface area contributed by atoms with Crippen LogP contribution in [0.15, 0.2) is 17.2 Å². The molecule has 94 valence electrons. The third-order valence-electron chi connectivity index (χ3n) is 3.27. The Balaban J connectivity index is 1.91. The molecule has 6 heteroatoms. The summed E-state index contributed by atoms with van der Waals surface area (Å²) in [7, 11) is -3.34. The van der Waals surface area contributed by atoms with Gasteiger partial charge in [-0.2, -0.15) is 0 Å². The molecule has 1 heterocycles. The topological polar surface area (TPSA) is 77.1 Å². The fourth-order valence-electron chi connectivity index (χ4n) is 1.99. The fourth-order valence-corrected chi connectivity index (χ4v) is 3.34. The van der Waals surface area contributed by atoms with Crippen LogP contribution in [0, 0.1) is 0 Å². The molecule has 0 aromatic carbocycles. The summed E-state index contributed by atoms with van der Waals surface area (Å²) in [6, 6.07) is 2.30. The molecule has 3 N–H and O–H groups in total. The Morgan fingerprint density at radius 1 is 1.35 bits per heavy atom. The maximum Gasteiger partial charge on any atom is 0.242 e. The number of sulfonamides is 1. The van der Waals surface area contributed by atoms with E-state index < -0.39 is 10.0 Å². The zero-order valence-electron chi connectivity index (χ0n) is 9.59. The van der Waals surface area contributed by atoms with Crippen LogP contribution in [0.1, 0.15) is 37.4 Å². The quantitative estimate of drug-likeness (QED) is 0.814. The Hall–Kier alpha value is -0.850. The highest BCUT2D eigenvalue weighted by Crippen LogP contribution is 2.37. The van der Waals surface area contributed by atoms with Gasteiger partial charge in [-0.1, -0.05) is 0 Å². The second-order valence-electron chi connectivity index (χ2n) is 4.91. The molecule has 17 heavy (non-hydrogen) atoms. The fraction of sp³-hybridized carbons (Fsp3) is 0.636. The van der Waals surface area contributed by atoms with E-state index in [9.17, 15) is 8.42 Å². The summed E-state index contributed by atoms with van der Waals surface area (Å²) in [6.45, 7) is 0.384. The summed E-state index contributed by atoms with van der Waals surface area (Å²) in [6.07, 6.45) is 5.87. The summed E-state index contributed by atoms with van der Waals surface area (Å²) in [5.74, 6) is 0. The third-order valence-corrected chi connectivity index (χ3v) is 4.75. The Labute approximate surface area is 101 Å². The maximum atomic E-state index is 12.0. The first kappa shape index (κ1) is 11.3. The van der Waals surface area contributed by atoms with Crippen molar-refractivity contribution in [2.75, 3.05) is 0 Å². The minimum Gasteiger partial charge on any atom is -0.346 e. The largest absolute Gasteiger partial charge is 0.346 e. The van der Waals surface area contributed by atoms with Crippen LogP contribution in [0.5, 0.6) is 0 Å². The highest BCUT2D eigenvalue weighted by atomic mass is 32.2. The molecule has 2 aliphatic carbocycles. The number of rotatable bonds is 5. The van der Waals surface area contributed by atoms with Crippen molar-refractivity contribution < 1.29 is 8.42 Å². The molecule has 5 nitrogen and oxygen atoms in total. The van der Waals surface area contributed by atoms with E-state index in [1.54, 1.807) is 12.3 Å². The second-order valence-corrected chi connectivity index (χ2v) is 6.62. The van der Waals surface area contributed by atoms with Crippen molar-refractivity contribution in [3.63, 3.8) is 0 Å². The lowest BCUT2D eigenvalue weighted by Crippen LogP contribution is -2.25. The van der Waals surface area contributed by atoms with Gasteiger partial charge in [0, 0.05) is 30.5 Å². The van der Waals surface area contributed by atoms with Crippen molar-refractivity contribution in [1.29, 1.82) is 0 Å². The van der Waals surface area contributed by atoms with Gasteiger partial charge in [0.15, 0.2) is 0 Å². The van der Waals surface area contributed by atoms with Gasteiger partial charge >= 0.3 is 0 Å². The van der Waals surface area contributed by atoms with E-state index in [0.717, 1.165) is 31.4 Å². The molecule has 0 atom stereocenters. The van der Waals surface area contributed by atoms with Crippen molar-refractivity contribution >= 4 is 10.0 Å². The van der Waals surface area contributed by atoms with Crippen LogP contribution in [-0.2, 0) is 16.6 Å². The number of hydrogen-bond acceptors (Lipinski definition) is 3. The Bertz CT molecular complexity index is 527. The number of nitrogens with one attached hydrogen (secondary N) is 1.